The van der Waals surface area contributed by atoms with Crippen molar-refractivity contribution in [1.29, 1.82) is 0 Å². The maximum atomic E-state index is 13.0. The third-order valence-electron chi connectivity index (χ3n) is 4.37. The third-order valence-corrected chi connectivity index (χ3v) is 6.82. The summed E-state index contributed by atoms with van der Waals surface area (Å²) in [6, 6.07) is 9.46. The number of benzene rings is 1. The molecule has 3 rings (SSSR count). The third kappa shape index (κ3) is 4.31. The smallest absolute Gasteiger partial charge is 0.243 e. The number of nitrogens with one attached hydrogen (secondary N) is 1. The molecule has 6 nitrogen and oxygen atoms in total. The number of carbonyl (C=O) groups is 1. The van der Waals surface area contributed by atoms with Crippen LogP contribution in [0.1, 0.15) is 24.8 Å². The fourth-order valence-corrected chi connectivity index (χ4v) is 4.93. The van der Waals surface area contributed by atoms with E-state index in [1.54, 1.807) is 42.7 Å². The minimum Gasteiger partial charge on any atom is -0.351 e. The van der Waals surface area contributed by atoms with Gasteiger partial charge in [0.15, 0.2) is 0 Å². The Kier molecular flexibility index (Phi) is 6.05. The Bertz CT molecular complexity index is 857. The number of amides is 1. The van der Waals surface area contributed by atoms with Crippen LogP contribution < -0.4 is 5.32 Å². The summed E-state index contributed by atoms with van der Waals surface area (Å²) in [5.74, 6) is -0.269. The van der Waals surface area contributed by atoms with Gasteiger partial charge >= 0.3 is 0 Å². The number of pyridine rings is 1. The maximum Gasteiger partial charge on any atom is 0.243 e. The predicted octanol–water partition coefficient (Wildman–Crippen LogP) is 2.70. The fraction of sp³-hybridized carbons (Fsp3) is 0.333. The lowest BCUT2D eigenvalue weighted by Crippen LogP contribution is -2.51. The van der Waals surface area contributed by atoms with E-state index in [2.05, 4.69) is 26.2 Å². The molecule has 1 atom stereocenters. The van der Waals surface area contributed by atoms with Crippen LogP contribution in [-0.4, -0.2) is 36.2 Å². The van der Waals surface area contributed by atoms with Crippen molar-refractivity contribution in [2.45, 2.75) is 36.7 Å². The Morgan fingerprint density at radius 2 is 2.00 bits per heavy atom. The summed E-state index contributed by atoms with van der Waals surface area (Å²) in [7, 11) is -3.72. The molecule has 0 radical (unpaired) electrons. The van der Waals surface area contributed by atoms with Gasteiger partial charge in [0.05, 0.1) is 4.90 Å². The first kappa shape index (κ1) is 19.0. The van der Waals surface area contributed by atoms with E-state index in [1.807, 2.05) is 6.07 Å². The fourth-order valence-electron chi connectivity index (χ4n) is 3.01. The Hall–Kier alpha value is -1.77. The van der Waals surface area contributed by atoms with Crippen LogP contribution in [0.3, 0.4) is 0 Å². The number of rotatable bonds is 5. The van der Waals surface area contributed by atoms with Crippen LogP contribution in [0.5, 0.6) is 0 Å². The second-order valence-electron chi connectivity index (χ2n) is 6.16. The lowest BCUT2D eigenvalue weighted by Gasteiger charge is -2.33. The highest BCUT2D eigenvalue weighted by Gasteiger charge is 2.37. The molecule has 0 aliphatic carbocycles. The van der Waals surface area contributed by atoms with Gasteiger partial charge in [0, 0.05) is 30.0 Å². The van der Waals surface area contributed by atoms with Crippen LogP contribution in [-0.2, 0) is 21.4 Å². The lowest BCUT2D eigenvalue weighted by molar-refractivity contribution is -0.125. The predicted molar refractivity (Wildman–Crippen MR) is 102 cm³/mol. The molecule has 1 N–H and O–H groups in total. The van der Waals surface area contributed by atoms with E-state index in [-0.39, 0.29) is 10.8 Å². The average Bonchev–Trinajstić information content (AvgIpc) is 2.67. The largest absolute Gasteiger partial charge is 0.351 e. The SMILES string of the molecule is O=C(NCc1cccnc1)[C@H]1CCCCN1S(=O)(=O)c1ccc(Br)cc1. The van der Waals surface area contributed by atoms with E-state index in [4.69, 9.17) is 0 Å². The minimum atomic E-state index is -3.72. The highest BCUT2D eigenvalue weighted by atomic mass is 79.9. The Balaban J connectivity index is 1.76. The molecule has 8 heteroatoms. The molecule has 2 aromatic rings. The van der Waals surface area contributed by atoms with Gasteiger partial charge in [-0.2, -0.15) is 4.31 Å². The number of piperidine rings is 1. The van der Waals surface area contributed by atoms with Crippen LogP contribution in [0.15, 0.2) is 58.2 Å². The molecule has 2 heterocycles. The maximum absolute atomic E-state index is 13.0. The summed E-state index contributed by atoms with van der Waals surface area (Å²) in [4.78, 5) is 16.9. The topological polar surface area (TPSA) is 79.4 Å². The summed E-state index contributed by atoms with van der Waals surface area (Å²) in [5, 5.41) is 2.84. The van der Waals surface area contributed by atoms with E-state index < -0.39 is 16.1 Å². The molecule has 1 fully saturated rings. The zero-order chi connectivity index (χ0) is 18.6. The highest BCUT2D eigenvalue weighted by Crippen LogP contribution is 2.26. The first-order valence-corrected chi connectivity index (χ1v) is 10.7. The molecule has 26 heavy (non-hydrogen) atoms. The van der Waals surface area contributed by atoms with E-state index in [1.165, 1.54) is 4.31 Å². The molecular weight excluding hydrogens is 418 g/mol. The van der Waals surface area contributed by atoms with Crippen LogP contribution in [0.2, 0.25) is 0 Å². The number of aromatic nitrogens is 1. The zero-order valence-corrected chi connectivity index (χ0v) is 16.5. The van der Waals surface area contributed by atoms with Gasteiger partial charge in [0.1, 0.15) is 6.04 Å². The lowest BCUT2D eigenvalue weighted by atomic mass is 10.0. The van der Waals surface area contributed by atoms with Gasteiger partial charge in [-0.1, -0.05) is 28.4 Å². The van der Waals surface area contributed by atoms with Crippen LogP contribution >= 0.6 is 15.9 Å². The van der Waals surface area contributed by atoms with Crippen molar-refractivity contribution >= 4 is 31.9 Å². The first-order chi connectivity index (χ1) is 12.5. The number of sulfonamides is 1. The molecule has 1 aliphatic heterocycles. The monoisotopic (exact) mass is 437 g/mol. The molecule has 1 saturated heterocycles. The molecule has 0 unspecified atom stereocenters. The Morgan fingerprint density at radius 3 is 2.69 bits per heavy atom. The standard InChI is InChI=1S/C18H20BrN3O3S/c19-15-6-8-16(9-7-15)26(24,25)22-11-2-1-5-17(22)18(23)21-13-14-4-3-10-20-12-14/h3-4,6-10,12,17H,1-2,5,11,13H2,(H,21,23)/t17-/m1/s1. The molecular formula is C18H20BrN3O3S. The summed E-state index contributed by atoms with van der Waals surface area (Å²) in [6.07, 6.45) is 5.45. The number of carbonyl (C=O) groups excluding carboxylic acids is 1. The van der Waals surface area contributed by atoms with Crippen molar-refractivity contribution < 1.29 is 13.2 Å². The van der Waals surface area contributed by atoms with Crippen molar-refractivity contribution in [1.82, 2.24) is 14.6 Å². The van der Waals surface area contributed by atoms with Gasteiger partial charge in [-0.25, -0.2) is 8.42 Å². The normalized spacial score (nSPS) is 18.4. The van der Waals surface area contributed by atoms with Crippen LogP contribution in [0, 0.1) is 0 Å². The molecule has 0 saturated carbocycles. The molecule has 138 valence electrons. The number of nitrogens with zero attached hydrogens (tertiary/aromatic N) is 2. The number of hydrogen-bond donors (Lipinski definition) is 1. The van der Waals surface area contributed by atoms with Gasteiger partial charge < -0.3 is 5.32 Å². The molecule has 1 aromatic heterocycles. The summed E-state index contributed by atoms with van der Waals surface area (Å²) in [6.45, 7) is 0.679. The average molecular weight is 438 g/mol. The molecule has 1 aliphatic rings. The second kappa shape index (κ2) is 8.28. The van der Waals surface area contributed by atoms with E-state index in [9.17, 15) is 13.2 Å². The highest BCUT2D eigenvalue weighted by molar-refractivity contribution is 9.10. The van der Waals surface area contributed by atoms with E-state index in [0.29, 0.717) is 19.5 Å². The van der Waals surface area contributed by atoms with Gasteiger partial charge in [0.25, 0.3) is 0 Å². The Morgan fingerprint density at radius 1 is 1.23 bits per heavy atom. The van der Waals surface area contributed by atoms with Crippen molar-refractivity contribution in [2.24, 2.45) is 0 Å². The number of hydrogen-bond acceptors (Lipinski definition) is 4. The van der Waals surface area contributed by atoms with E-state index in [0.717, 1.165) is 22.9 Å². The van der Waals surface area contributed by atoms with Gasteiger partial charge in [-0.05, 0) is 48.7 Å². The quantitative estimate of drug-likeness (QED) is 0.779. The van der Waals surface area contributed by atoms with Gasteiger partial charge in [-0.15, -0.1) is 0 Å². The van der Waals surface area contributed by atoms with Crippen molar-refractivity contribution in [3.05, 3.63) is 58.8 Å². The minimum absolute atomic E-state index is 0.202. The van der Waals surface area contributed by atoms with E-state index >= 15 is 0 Å². The van der Waals surface area contributed by atoms with Crippen molar-refractivity contribution in [2.75, 3.05) is 6.54 Å². The zero-order valence-electron chi connectivity index (χ0n) is 14.1. The Labute approximate surface area is 161 Å². The van der Waals surface area contributed by atoms with Crippen molar-refractivity contribution in [3.63, 3.8) is 0 Å². The molecule has 0 bridgehead atoms. The first-order valence-electron chi connectivity index (χ1n) is 8.42. The van der Waals surface area contributed by atoms with Crippen LogP contribution in [0.4, 0.5) is 0 Å². The van der Waals surface area contributed by atoms with Crippen molar-refractivity contribution in [3.8, 4) is 0 Å². The van der Waals surface area contributed by atoms with Crippen LogP contribution in [0.25, 0.3) is 0 Å². The molecule has 1 amide bonds. The van der Waals surface area contributed by atoms with Gasteiger partial charge in [-0.3, -0.25) is 9.78 Å². The molecule has 1 aromatic carbocycles. The molecule has 0 spiro atoms. The summed E-state index contributed by atoms with van der Waals surface area (Å²) in [5.41, 5.74) is 0.874. The summed E-state index contributed by atoms with van der Waals surface area (Å²) < 4.78 is 28.2. The number of halogens is 1. The summed E-state index contributed by atoms with van der Waals surface area (Å²) >= 11 is 3.31. The van der Waals surface area contributed by atoms with Gasteiger partial charge in [0.2, 0.25) is 15.9 Å². The second-order valence-corrected chi connectivity index (χ2v) is 8.97.